The lowest BCUT2D eigenvalue weighted by molar-refractivity contribution is -0.00115. The van der Waals surface area contributed by atoms with E-state index in [1.54, 1.807) is 0 Å². The molecule has 2 atom stereocenters. The van der Waals surface area contributed by atoms with Crippen LogP contribution in [0.15, 0.2) is 18.3 Å². The maximum atomic E-state index is 6.25. The van der Waals surface area contributed by atoms with Crippen molar-refractivity contribution in [3.8, 4) is 0 Å². The number of nitrogens with two attached hydrogens (primary N) is 1. The molecule has 3 nitrogen and oxygen atoms in total. The van der Waals surface area contributed by atoms with Gasteiger partial charge in [-0.2, -0.15) is 0 Å². The lowest BCUT2D eigenvalue weighted by Crippen LogP contribution is -2.46. The second-order valence-corrected chi connectivity index (χ2v) is 4.84. The minimum Gasteiger partial charge on any atom is -0.374 e. The van der Waals surface area contributed by atoms with Crippen LogP contribution in [-0.4, -0.2) is 23.2 Å². The lowest BCUT2D eigenvalue weighted by Gasteiger charge is -2.30. The number of hydrogen-bond donors (Lipinski definition) is 1. The van der Waals surface area contributed by atoms with Crippen LogP contribution in [0, 0.1) is 6.92 Å². The molecule has 1 aromatic heterocycles. The first-order valence-electron chi connectivity index (χ1n) is 5.92. The molecule has 0 bridgehead atoms. The fourth-order valence-corrected chi connectivity index (χ4v) is 2.25. The van der Waals surface area contributed by atoms with Crippen LogP contribution in [0.3, 0.4) is 0 Å². The number of pyridine rings is 1. The molecular formula is C13H20N2O. The first-order valence-corrected chi connectivity index (χ1v) is 5.92. The Morgan fingerprint density at radius 1 is 1.62 bits per heavy atom. The van der Waals surface area contributed by atoms with Gasteiger partial charge in [0.15, 0.2) is 0 Å². The number of rotatable bonds is 3. The molecule has 2 N–H and O–H groups in total. The maximum absolute atomic E-state index is 6.25. The van der Waals surface area contributed by atoms with Gasteiger partial charge in [0.1, 0.15) is 0 Å². The van der Waals surface area contributed by atoms with Crippen LogP contribution in [0.2, 0.25) is 0 Å². The normalized spacial score (nSPS) is 26.9. The molecule has 0 radical (unpaired) electrons. The summed E-state index contributed by atoms with van der Waals surface area (Å²) in [4.78, 5) is 4.39. The molecule has 1 aliphatic rings. The minimum absolute atomic E-state index is 0.0311. The van der Waals surface area contributed by atoms with Crippen LogP contribution >= 0.6 is 0 Å². The number of nitrogens with zero attached hydrogens (tertiary/aromatic N) is 1. The molecule has 2 rings (SSSR count). The number of aromatic nitrogens is 1. The summed E-state index contributed by atoms with van der Waals surface area (Å²) in [6.45, 7) is 5.03. The van der Waals surface area contributed by atoms with E-state index in [2.05, 4.69) is 24.9 Å². The molecule has 0 amide bonds. The van der Waals surface area contributed by atoms with E-state index in [0.29, 0.717) is 0 Å². The van der Waals surface area contributed by atoms with Gasteiger partial charge in [-0.15, -0.1) is 0 Å². The molecule has 0 aliphatic carbocycles. The Hall–Kier alpha value is -0.930. The van der Waals surface area contributed by atoms with Gasteiger partial charge in [0.2, 0.25) is 0 Å². The van der Waals surface area contributed by atoms with Crippen molar-refractivity contribution in [1.82, 2.24) is 4.98 Å². The highest BCUT2D eigenvalue weighted by Crippen LogP contribution is 2.29. The van der Waals surface area contributed by atoms with Gasteiger partial charge in [0.25, 0.3) is 0 Å². The zero-order valence-electron chi connectivity index (χ0n) is 10.1. The van der Waals surface area contributed by atoms with Crippen molar-refractivity contribution in [2.45, 2.75) is 44.8 Å². The van der Waals surface area contributed by atoms with E-state index in [1.807, 2.05) is 12.3 Å². The summed E-state index contributed by atoms with van der Waals surface area (Å²) >= 11 is 0. The molecule has 0 saturated carbocycles. The van der Waals surface area contributed by atoms with Crippen LogP contribution < -0.4 is 5.73 Å². The molecule has 2 heterocycles. The Balaban J connectivity index is 2.07. The minimum atomic E-state index is -0.163. The second-order valence-electron chi connectivity index (χ2n) is 4.84. The average Bonchev–Trinajstić information content (AvgIpc) is 2.70. The summed E-state index contributed by atoms with van der Waals surface area (Å²) in [7, 11) is 0. The molecule has 1 aliphatic heterocycles. The molecule has 1 aromatic rings. The molecule has 88 valence electrons. The van der Waals surface area contributed by atoms with Gasteiger partial charge in [0, 0.05) is 31.0 Å². The van der Waals surface area contributed by atoms with Gasteiger partial charge >= 0.3 is 0 Å². The zero-order chi connectivity index (χ0) is 11.6. The molecular weight excluding hydrogens is 200 g/mol. The van der Waals surface area contributed by atoms with Crippen LogP contribution in [0.1, 0.15) is 31.0 Å². The summed E-state index contributed by atoms with van der Waals surface area (Å²) < 4.78 is 5.76. The van der Waals surface area contributed by atoms with Crippen molar-refractivity contribution >= 4 is 0 Å². The summed E-state index contributed by atoms with van der Waals surface area (Å²) in [6, 6.07) is 4.06. The quantitative estimate of drug-likeness (QED) is 0.845. The number of hydrogen-bond acceptors (Lipinski definition) is 3. The van der Waals surface area contributed by atoms with Gasteiger partial charge in [-0.25, -0.2) is 0 Å². The monoisotopic (exact) mass is 220 g/mol. The number of aryl methyl sites for hydroxylation is 1. The fraction of sp³-hybridized carbons (Fsp3) is 0.615. The van der Waals surface area contributed by atoms with Crippen LogP contribution in [0.25, 0.3) is 0 Å². The summed E-state index contributed by atoms with van der Waals surface area (Å²) in [5.74, 6) is 0. The van der Waals surface area contributed by atoms with E-state index in [4.69, 9.17) is 10.5 Å². The standard InChI is InChI=1S/C13H20N2O/c1-10-5-3-7-15-11(10)9-12(14)13(2)6-4-8-16-13/h3,5,7,12H,4,6,8-9,14H2,1-2H3. The van der Waals surface area contributed by atoms with Crippen molar-refractivity contribution in [3.63, 3.8) is 0 Å². The highest BCUT2D eigenvalue weighted by Gasteiger charge is 2.36. The average molecular weight is 220 g/mol. The Labute approximate surface area is 97.0 Å². The van der Waals surface area contributed by atoms with Crippen LogP contribution in [-0.2, 0) is 11.2 Å². The van der Waals surface area contributed by atoms with Gasteiger partial charge in [-0.05, 0) is 38.3 Å². The fourth-order valence-electron chi connectivity index (χ4n) is 2.25. The van der Waals surface area contributed by atoms with Gasteiger partial charge in [-0.3, -0.25) is 4.98 Å². The van der Waals surface area contributed by atoms with E-state index in [9.17, 15) is 0 Å². The van der Waals surface area contributed by atoms with Crippen molar-refractivity contribution in [3.05, 3.63) is 29.6 Å². The molecule has 2 unspecified atom stereocenters. The summed E-state index contributed by atoms with van der Waals surface area (Å²) in [5, 5.41) is 0. The topological polar surface area (TPSA) is 48.1 Å². The third-order valence-corrected chi connectivity index (χ3v) is 3.56. The third kappa shape index (κ3) is 2.25. The predicted octanol–water partition coefficient (Wildman–Crippen LogP) is 1.83. The van der Waals surface area contributed by atoms with Crippen molar-refractivity contribution in [2.75, 3.05) is 6.61 Å². The summed E-state index contributed by atoms with van der Waals surface area (Å²) in [6.07, 6.45) is 4.79. The van der Waals surface area contributed by atoms with E-state index in [-0.39, 0.29) is 11.6 Å². The van der Waals surface area contributed by atoms with Gasteiger partial charge < -0.3 is 10.5 Å². The highest BCUT2D eigenvalue weighted by atomic mass is 16.5. The molecule has 0 aromatic carbocycles. The first-order chi connectivity index (χ1) is 7.62. The smallest absolute Gasteiger partial charge is 0.0809 e. The summed E-state index contributed by atoms with van der Waals surface area (Å²) in [5.41, 5.74) is 8.38. The first kappa shape index (κ1) is 11.6. The van der Waals surface area contributed by atoms with E-state index in [0.717, 1.165) is 31.6 Å². The van der Waals surface area contributed by atoms with Crippen molar-refractivity contribution < 1.29 is 4.74 Å². The lowest BCUT2D eigenvalue weighted by atomic mass is 9.89. The van der Waals surface area contributed by atoms with Crippen LogP contribution in [0.5, 0.6) is 0 Å². The molecule has 3 heteroatoms. The van der Waals surface area contributed by atoms with Crippen molar-refractivity contribution in [1.29, 1.82) is 0 Å². The van der Waals surface area contributed by atoms with E-state index < -0.39 is 0 Å². The van der Waals surface area contributed by atoms with E-state index >= 15 is 0 Å². The Morgan fingerprint density at radius 3 is 3.06 bits per heavy atom. The van der Waals surface area contributed by atoms with E-state index in [1.165, 1.54) is 5.56 Å². The second kappa shape index (κ2) is 4.52. The Bertz CT molecular complexity index is 359. The molecule has 1 saturated heterocycles. The Morgan fingerprint density at radius 2 is 2.44 bits per heavy atom. The largest absolute Gasteiger partial charge is 0.374 e. The van der Waals surface area contributed by atoms with Gasteiger partial charge in [0.05, 0.1) is 5.60 Å². The van der Waals surface area contributed by atoms with Crippen molar-refractivity contribution in [2.24, 2.45) is 5.73 Å². The van der Waals surface area contributed by atoms with Crippen LogP contribution in [0.4, 0.5) is 0 Å². The molecule has 1 fully saturated rings. The SMILES string of the molecule is Cc1cccnc1CC(N)C1(C)CCCO1. The zero-order valence-corrected chi connectivity index (χ0v) is 10.1. The molecule has 0 spiro atoms. The Kier molecular flexibility index (Phi) is 3.26. The highest BCUT2D eigenvalue weighted by molar-refractivity contribution is 5.19. The predicted molar refractivity (Wildman–Crippen MR) is 64.2 cm³/mol. The van der Waals surface area contributed by atoms with Gasteiger partial charge in [-0.1, -0.05) is 6.07 Å². The third-order valence-electron chi connectivity index (χ3n) is 3.56. The maximum Gasteiger partial charge on any atom is 0.0809 e. The molecule has 16 heavy (non-hydrogen) atoms. The number of ether oxygens (including phenoxy) is 1.